The molecule has 0 aliphatic carbocycles. The minimum absolute atomic E-state index is 0.201. The Balaban J connectivity index is 1.99. The fraction of sp³-hybridized carbons (Fsp3) is 0.375. The summed E-state index contributed by atoms with van der Waals surface area (Å²) in [5.74, 6) is -0.574. The van der Waals surface area contributed by atoms with Crippen molar-refractivity contribution in [1.82, 2.24) is 15.1 Å². The Morgan fingerprint density at radius 1 is 1.80 bits per heavy atom. The molecule has 1 atom stereocenters. The molecule has 2 rings (SSSR count). The SMILES string of the molecule is NC(=O)c1ccn(C[C@@H]2CNC(=O)O2)n1. The molecule has 7 nitrogen and oxygen atoms in total. The Bertz CT molecular complexity index is 400. The number of cyclic esters (lactones) is 1. The van der Waals surface area contributed by atoms with E-state index in [2.05, 4.69) is 10.4 Å². The van der Waals surface area contributed by atoms with Gasteiger partial charge in [-0.05, 0) is 6.07 Å². The van der Waals surface area contributed by atoms with Crippen LogP contribution < -0.4 is 11.1 Å². The second kappa shape index (κ2) is 3.60. The van der Waals surface area contributed by atoms with E-state index in [1.54, 1.807) is 6.20 Å². The minimum Gasteiger partial charge on any atom is -0.442 e. The standard InChI is InChI=1S/C8H10N4O3/c9-7(13)6-1-2-12(11-6)4-5-3-10-8(14)15-5/h1-2,5H,3-4H2,(H2,9,13)(H,10,14)/t5-/m0/s1. The zero-order chi connectivity index (χ0) is 10.8. The fourth-order valence-corrected chi connectivity index (χ4v) is 1.34. The van der Waals surface area contributed by atoms with Gasteiger partial charge in [0, 0.05) is 6.20 Å². The van der Waals surface area contributed by atoms with Gasteiger partial charge in [-0.1, -0.05) is 0 Å². The normalized spacial score (nSPS) is 19.7. The number of alkyl carbamates (subject to hydrolysis) is 1. The Hall–Kier alpha value is -2.05. The highest BCUT2D eigenvalue weighted by Crippen LogP contribution is 2.03. The van der Waals surface area contributed by atoms with E-state index in [9.17, 15) is 9.59 Å². The van der Waals surface area contributed by atoms with E-state index in [4.69, 9.17) is 10.5 Å². The third kappa shape index (κ3) is 2.06. The number of ether oxygens (including phenoxy) is 1. The largest absolute Gasteiger partial charge is 0.442 e. The van der Waals surface area contributed by atoms with Crippen molar-refractivity contribution in [2.24, 2.45) is 5.73 Å². The minimum atomic E-state index is -0.574. The number of nitrogens with one attached hydrogen (secondary N) is 1. The lowest BCUT2D eigenvalue weighted by molar-refractivity contribution is 0.0992. The molecule has 0 saturated carbocycles. The summed E-state index contributed by atoms with van der Waals surface area (Å²) in [5, 5.41) is 6.45. The van der Waals surface area contributed by atoms with Crippen LogP contribution in [-0.2, 0) is 11.3 Å². The lowest BCUT2D eigenvalue weighted by Gasteiger charge is -2.06. The second-order valence-corrected chi connectivity index (χ2v) is 3.20. The molecule has 1 aromatic rings. The van der Waals surface area contributed by atoms with Gasteiger partial charge in [0.25, 0.3) is 5.91 Å². The van der Waals surface area contributed by atoms with Crippen molar-refractivity contribution in [1.29, 1.82) is 0 Å². The van der Waals surface area contributed by atoms with Crippen LogP contribution >= 0.6 is 0 Å². The van der Waals surface area contributed by atoms with Crippen molar-refractivity contribution in [3.05, 3.63) is 18.0 Å². The summed E-state index contributed by atoms with van der Waals surface area (Å²) in [7, 11) is 0. The van der Waals surface area contributed by atoms with Gasteiger partial charge >= 0.3 is 6.09 Å². The molecule has 2 amide bonds. The van der Waals surface area contributed by atoms with E-state index in [0.717, 1.165) is 0 Å². The lowest BCUT2D eigenvalue weighted by atomic mass is 10.4. The molecule has 0 radical (unpaired) electrons. The molecule has 15 heavy (non-hydrogen) atoms. The first kappa shape index (κ1) is 9.50. The molecule has 0 bridgehead atoms. The van der Waals surface area contributed by atoms with Gasteiger partial charge < -0.3 is 15.8 Å². The topological polar surface area (TPSA) is 99.2 Å². The van der Waals surface area contributed by atoms with E-state index < -0.39 is 12.0 Å². The van der Waals surface area contributed by atoms with Gasteiger partial charge in [-0.3, -0.25) is 9.48 Å². The van der Waals surface area contributed by atoms with Crippen molar-refractivity contribution in [3.63, 3.8) is 0 Å². The van der Waals surface area contributed by atoms with Gasteiger partial charge in [-0.25, -0.2) is 4.79 Å². The highest BCUT2D eigenvalue weighted by molar-refractivity contribution is 5.90. The van der Waals surface area contributed by atoms with Gasteiger partial charge in [0.05, 0.1) is 13.1 Å². The van der Waals surface area contributed by atoms with Crippen LogP contribution in [0, 0.1) is 0 Å². The predicted octanol–water partition coefficient (Wildman–Crippen LogP) is -0.910. The first-order valence-corrected chi connectivity index (χ1v) is 4.43. The molecule has 1 saturated heterocycles. The van der Waals surface area contributed by atoms with Crippen LogP contribution in [0.5, 0.6) is 0 Å². The van der Waals surface area contributed by atoms with Crippen LogP contribution in [0.2, 0.25) is 0 Å². The van der Waals surface area contributed by atoms with Crippen molar-refractivity contribution in [2.75, 3.05) is 6.54 Å². The van der Waals surface area contributed by atoms with E-state index in [-0.39, 0.29) is 11.8 Å². The molecule has 0 spiro atoms. The quantitative estimate of drug-likeness (QED) is 0.674. The number of carbonyl (C=O) groups is 2. The molecule has 1 aromatic heterocycles. The third-order valence-corrected chi connectivity index (χ3v) is 2.03. The summed E-state index contributed by atoms with van der Waals surface area (Å²) in [6.07, 6.45) is 0.937. The molecule has 1 aliphatic rings. The predicted molar refractivity (Wildman–Crippen MR) is 49.0 cm³/mol. The second-order valence-electron chi connectivity index (χ2n) is 3.20. The summed E-state index contributed by atoms with van der Waals surface area (Å²) in [5.41, 5.74) is 5.25. The number of rotatable bonds is 3. The van der Waals surface area contributed by atoms with E-state index >= 15 is 0 Å². The van der Waals surface area contributed by atoms with Crippen LogP contribution in [0.15, 0.2) is 12.3 Å². The monoisotopic (exact) mass is 210 g/mol. The molecular weight excluding hydrogens is 200 g/mol. The molecular formula is C8H10N4O3. The number of nitrogens with zero attached hydrogens (tertiary/aromatic N) is 2. The van der Waals surface area contributed by atoms with Crippen LogP contribution in [-0.4, -0.2) is 34.4 Å². The van der Waals surface area contributed by atoms with Gasteiger partial charge in [0.1, 0.15) is 11.8 Å². The van der Waals surface area contributed by atoms with Gasteiger partial charge in [0.15, 0.2) is 0 Å². The van der Waals surface area contributed by atoms with Crippen LogP contribution in [0.25, 0.3) is 0 Å². The maximum atomic E-state index is 10.8. The number of nitrogens with two attached hydrogens (primary N) is 1. The van der Waals surface area contributed by atoms with Gasteiger partial charge in [0.2, 0.25) is 0 Å². The Labute approximate surface area is 85.2 Å². The number of aromatic nitrogens is 2. The first-order valence-electron chi connectivity index (χ1n) is 4.43. The number of hydrogen-bond donors (Lipinski definition) is 2. The van der Waals surface area contributed by atoms with Gasteiger partial charge in [-0.2, -0.15) is 5.10 Å². The van der Waals surface area contributed by atoms with Crippen LogP contribution in [0.3, 0.4) is 0 Å². The molecule has 3 N–H and O–H groups in total. The highest BCUT2D eigenvalue weighted by atomic mass is 16.6. The van der Waals surface area contributed by atoms with Crippen LogP contribution in [0.1, 0.15) is 10.5 Å². The zero-order valence-electron chi connectivity index (χ0n) is 7.84. The molecule has 2 heterocycles. The number of primary amides is 1. The summed E-state index contributed by atoms with van der Waals surface area (Å²) < 4.78 is 6.43. The van der Waals surface area contributed by atoms with E-state index in [1.807, 2.05) is 0 Å². The highest BCUT2D eigenvalue weighted by Gasteiger charge is 2.23. The van der Waals surface area contributed by atoms with E-state index in [0.29, 0.717) is 13.1 Å². The maximum Gasteiger partial charge on any atom is 0.407 e. The van der Waals surface area contributed by atoms with Gasteiger partial charge in [-0.15, -0.1) is 0 Å². The lowest BCUT2D eigenvalue weighted by Crippen LogP contribution is -2.21. The summed E-state index contributed by atoms with van der Waals surface area (Å²) in [6, 6.07) is 1.52. The summed E-state index contributed by atoms with van der Waals surface area (Å²) in [6.45, 7) is 0.858. The average molecular weight is 210 g/mol. The number of hydrogen-bond acceptors (Lipinski definition) is 4. The van der Waals surface area contributed by atoms with Crippen molar-refractivity contribution in [2.45, 2.75) is 12.6 Å². The van der Waals surface area contributed by atoms with Crippen molar-refractivity contribution < 1.29 is 14.3 Å². The maximum absolute atomic E-state index is 10.8. The number of carbonyl (C=O) groups excluding carboxylic acids is 2. The Morgan fingerprint density at radius 3 is 3.13 bits per heavy atom. The molecule has 80 valence electrons. The van der Waals surface area contributed by atoms with Crippen molar-refractivity contribution >= 4 is 12.0 Å². The summed E-state index contributed by atoms with van der Waals surface area (Å²) >= 11 is 0. The molecule has 7 heteroatoms. The molecule has 0 unspecified atom stereocenters. The Kier molecular flexibility index (Phi) is 2.28. The zero-order valence-corrected chi connectivity index (χ0v) is 7.84. The van der Waals surface area contributed by atoms with Crippen LogP contribution in [0.4, 0.5) is 4.79 Å². The molecule has 1 fully saturated rings. The smallest absolute Gasteiger partial charge is 0.407 e. The third-order valence-electron chi connectivity index (χ3n) is 2.03. The first-order chi connectivity index (χ1) is 7.15. The average Bonchev–Trinajstić information content (AvgIpc) is 2.76. The summed E-state index contributed by atoms with van der Waals surface area (Å²) in [4.78, 5) is 21.5. The van der Waals surface area contributed by atoms with E-state index in [1.165, 1.54) is 10.7 Å². The number of amides is 2. The fourth-order valence-electron chi connectivity index (χ4n) is 1.34. The molecule has 0 aromatic carbocycles. The Morgan fingerprint density at radius 2 is 2.60 bits per heavy atom. The molecule has 1 aliphatic heterocycles. The van der Waals surface area contributed by atoms with Crippen molar-refractivity contribution in [3.8, 4) is 0 Å².